The van der Waals surface area contributed by atoms with Crippen LogP contribution < -0.4 is 15.4 Å². The van der Waals surface area contributed by atoms with Gasteiger partial charge in [-0.05, 0) is 71.0 Å². The number of aryl methyl sites for hydroxylation is 1. The predicted molar refractivity (Wildman–Crippen MR) is 112 cm³/mol. The zero-order valence-electron chi connectivity index (χ0n) is 15.8. The highest BCUT2D eigenvalue weighted by Gasteiger charge is 2.19. The molecule has 5 nitrogen and oxygen atoms in total. The smallest absolute Gasteiger partial charge is 0.262 e. The zero-order valence-corrected chi connectivity index (χ0v) is 15.8. The van der Waals surface area contributed by atoms with Gasteiger partial charge in [0.15, 0.2) is 6.61 Å². The lowest BCUT2D eigenvalue weighted by Gasteiger charge is -2.17. The summed E-state index contributed by atoms with van der Waals surface area (Å²) in [5.41, 5.74) is 7.62. The molecule has 2 aliphatic rings. The highest BCUT2D eigenvalue weighted by molar-refractivity contribution is 5.94. The molecule has 1 aliphatic carbocycles. The first kappa shape index (κ1) is 17.5. The molecule has 5 heteroatoms. The van der Waals surface area contributed by atoms with E-state index in [1.54, 1.807) is 6.07 Å². The van der Waals surface area contributed by atoms with Crippen LogP contribution in [0.25, 0.3) is 11.1 Å². The van der Waals surface area contributed by atoms with Crippen LogP contribution in [0.2, 0.25) is 0 Å². The molecular formula is C24H20N2O3. The molecule has 0 aromatic heterocycles. The van der Waals surface area contributed by atoms with Crippen LogP contribution >= 0.6 is 0 Å². The summed E-state index contributed by atoms with van der Waals surface area (Å²) in [6.07, 6.45) is 2.08. The number of ether oxygens (including phenoxy) is 1. The van der Waals surface area contributed by atoms with Crippen LogP contribution in [0.4, 0.5) is 11.4 Å². The van der Waals surface area contributed by atoms with Crippen molar-refractivity contribution < 1.29 is 14.3 Å². The summed E-state index contributed by atoms with van der Waals surface area (Å²) in [6, 6.07) is 19.9. The number of carbonyl (C=O) groups excluding carboxylic acids is 2. The molecular weight excluding hydrogens is 364 g/mol. The van der Waals surface area contributed by atoms with E-state index in [-0.39, 0.29) is 18.4 Å². The minimum absolute atomic E-state index is 0.0301. The van der Waals surface area contributed by atoms with Crippen molar-refractivity contribution in [1.29, 1.82) is 0 Å². The summed E-state index contributed by atoms with van der Waals surface area (Å²) in [4.78, 5) is 23.8. The molecule has 3 aromatic carbocycles. The second-order valence-electron chi connectivity index (χ2n) is 7.41. The Morgan fingerprint density at radius 2 is 1.79 bits per heavy atom. The molecule has 0 radical (unpaired) electrons. The standard InChI is InChI=1S/C24H20N2O3/c27-23-10-6-17-12-19(8-9-22(17)26-23)29-14-24(28)25-18-7-5-16-11-15-3-1-2-4-20(15)21(16)13-18/h1-5,7-9,12-13H,6,10-11,14H2,(H,25,28)(H,26,27). The average molecular weight is 384 g/mol. The van der Waals surface area contributed by atoms with Crippen LogP contribution in [0.1, 0.15) is 23.1 Å². The third-order valence-electron chi connectivity index (χ3n) is 5.42. The Kier molecular flexibility index (Phi) is 4.28. The van der Waals surface area contributed by atoms with Crippen LogP contribution in [-0.4, -0.2) is 18.4 Å². The fraction of sp³-hybridized carbons (Fsp3) is 0.167. The monoisotopic (exact) mass is 384 g/mol. The topological polar surface area (TPSA) is 67.4 Å². The largest absolute Gasteiger partial charge is 0.484 e. The van der Waals surface area contributed by atoms with Crippen molar-refractivity contribution in [3.63, 3.8) is 0 Å². The average Bonchev–Trinajstić information content (AvgIpc) is 3.10. The Morgan fingerprint density at radius 1 is 0.931 bits per heavy atom. The molecule has 0 saturated heterocycles. The molecule has 5 rings (SSSR count). The number of hydrogen-bond donors (Lipinski definition) is 2. The van der Waals surface area contributed by atoms with Gasteiger partial charge in [0.25, 0.3) is 5.91 Å². The van der Waals surface area contributed by atoms with Crippen LogP contribution in [0.15, 0.2) is 60.7 Å². The first-order chi connectivity index (χ1) is 14.2. The number of amides is 2. The van der Waals surface area contributed by atoms with Gasteiger partial charge in [0.2, 0.25) is 5.91 Å². The number of nitrogens with one attached hydrogen (secondary N) is 2. The molecule has 0 bridgehead atoms. The number of rotatable bonds is 4. The number of carbonyl (C=O) groups is 2. The van der Waals surface area contributed by atoms with E-state index in [1.165, 1.54) is 22.3 Å². The molecule has 1 aliphatic heterocycles. The maximum Gasteiger partial charge on any atom is 0.262 e. The van der Waals surface area contributed by atoms with E-state index in [0.717, 1.165) is 23.4 Å². The molecule has 29 heavy (non-hydrogen) atoms. The SMILES string of the molecule is O=C(COc1ccc2c(c1)CCC(=O)N2)Nc1ccc2c(c1)-c1ccccc1C2. The van der Waals surface area contributed by atoms with Gasteiger partial charge in [-0.25, -0.2) is 0 Å². The van der Waals surface area contributed by atoms with E-state index in [2.05, 4.69) is 34.9 Å². The lowest BCUT2D eigenvalue weighted by Crippen LogP contribution is -2.21. The van der Waals surface area contributed by atoms with Crippen LogP contribution in [0.5, 0.6) is 5.75 Å². The van der Waals surface area contributed by atoms with Gasteiger partial charge in [0.05, 0.1) is 0 Å². The van der Waals surface area contributed by atoms with Crippen molar-refractivity contribution >= 4 is 23.2 Å². The van der Waals surface area contributed by atoms with Crippen molar-refractivity contribution in [2.45, 2.75) is 19.3 Å². The third kappa shape index (κ3) is 3.47. The fourth-order valence-corrected chi connectivity index (χ4v) is 4.00. The van der Waals surface area contributed by atoms with Gasteiger partial charge in [-0.2, -0.15) is 0 Å². The van der Waals surface area contributed by atoms with Gasteiger partial charge in [-0.15, -0.1) is 0 Å². The lowest BCUT2D eigenvalue weighted by molar-refractivity contribution is -0.118. The van der Waals surface area contributed by atoms with Crippen LogP contribution in [-0.2, 0) is 22.4 Å². The Hall–Kier alpha value is -3.60. The molecule has 2 amide bonds. The zero-order chi connectivity index (χ0) is 19.8. The van der Waals surface area contributed by atoms with Crippen LogP contribution in [0.3, 0.4) is 0 Å². The molecule has 144 valence electrons. The van der Waals surface area contributed by atoms with E-state index >= 15 is 0 Å². The van der Waals surface area contributed by atoms with Crippen molar-refractivity contribution in [2.75, 3.05) is 17.2 Å². The highest BCUT2D eigenvalue weighted by Crippen LogP contribution is 2.37. The highest BCUT2D eigenvalue weighted by atomic mass is 16.5. The quantitative estimate of drug-likeness (QED) is 0.555. The first-order valence-corrected chi connectivity index (χ1v) is 9.72. The number of benzene rings is 3. The second kappa shape index (κ2) is 7.09. The van der Waals surface area contributed by atoms with Gasteiger partial charge in [0, 0.05) is 17.8 Å². The summed E-state index contributed by atoms with van der Waals surface area (Å²) in [5.74, 6) is 0.447. The summed E-state index contributed by atoms with van der Waals surface area (Å²) < 4.78 is 5.66. The number of hydrogen-bond acceptors (Lipinski definition) is 3. The lowest BCUT2D eigenvalue weighted by atomic mass is 10.0. The molecule has 2 N–H and O–H groups in total. The Balaban J connectivity index is 1.24. The maximum absolute atomic E-state index is 12.4. The molecule has 0 unspecified atom stereocenters. The summed E-state index contributed by atoms with van der Waals surface area (Å²) in [6.45, 7) is -0.0706. The van der Waals surface area contributed by atoms with Crippen molar-refractivity contribution in [1.82, 2.24) is 0 Å². The Labute approximate surface area is 168 Å². The van der Waals surface area contributed by atoms with Crippen molar-refractivity contribution in [3.8, 4) is 16.9 Å². The van der Waals surface area contributed by atoms with E-state index in [0.29, 0.717) is 18.6 Å². The molecule has 0 saturated carbocycles. The van der Waals surface area contributed by atoms with Crippen molar-refractivity contribution in [3.05, 3.63) is 77.4 Å². The maximum atomic E-state index is 12.4. The van der Waals surface area contributed by atoms with Gasteiger partial charge < -0.3 is 15.4 Å². The molecule has 1 heterocycles. The van der Waals surface area contributed by atoms with Crippen molar-refractivity contribution in [2.24, 2.45) is 0 Å². The summed E-state index contributed by atoms with van der Waals surface area (Å²) >= 11 is 0. The van der Waals surface area contributed by atoms with E-state index < -0.39 is 0 Å². The summed E-state index contributed by atoms with van der Waals surface area (Å²) in [7, 11) is 0. The molecule has 3 aromatic rings. The Morgan fingerprint density at radius 3 is 2.72 bits per heavy atom. The van der Waals surface area contributed by atoms with E-state index in [4.69, 9.17) is 4.74 Å². The molecule has 0 atom stereocenters. The van der Waals surface area contributed by atoms with E-state index in [9.17, 15) is 9.59 Å². The van der Waals surface area contributed by atoms with Gasteiger partial charge in [-0.1, -0.05) is 30.3 Å². The normalized spacial score (nSPS) is 13.7. The predicted octanol–water partition coefficient (Wildman–Crippen LogP) is 4.16. The molecule has 0 fully saturated rings. The number of fused-ring (bicyclic) bond motifs is 4. The fourth-order valence-electron chi connectivity index (χ4n) is 4.00. The van der Waals surface area contributed by atoms with Crippen LogP contribution in [0, 0.1) is 0 Å². The first-order valence-electron chi connectivity index (χ1n) is 9.72. The molecule has 0 spiro atoms. The minimum Gasteiger partial charge on any atom is -0.484 e. The minimum atomic E-state index is -0.206. The third-order valence-corrected chi connectivity index (χ3v) is 5.42. The Bertz CT molecular complexity index is 1140. The van der Waals surface area contributed by atoms with Gasteiger partial charge in [0.1, 0.15) is 5.75 Å². The summed E-state index contributed by atoms with van der Waals surface area (Å²) in [5, 5.41) is 5.76. The van der Waals surface area contributed by atoms with Gasteiger partial charge >= 0.3 is 0 Å². The number of anilines is 2. The van der Waals surface area contributed by atoms with Gasteiger partial charge in [-0.3, -0.25) is 9.59 Å². The second-order valence-corrected chi connectivity index (χ2v) is 7.41. The van der Waals surface area contributed by atoms with E-state index in [1.807, 2.05) is 30.3 Å².